The molecule has 0 unspecified atom stereocenters. The molecule has 0 aliphatic carbocycles. The molecule has 0 aliphatic heterocycles. The second-order valence-electron chi connectivity index (χ2n) is 5.27. The molecule has 0 saturated carbocycles. The summed E-state index contributed by atoms with van der Waals surface area (Å²) in [6.07, 6.45) is 1.08. The lowest BCUT2D eigenvalue weighted by atomic mass is 10.2. The molecular weight excluding hydrogens is 347 g/mol. The number of methoxy groups -OCH3 is 1. The van der Waals surface area contributed by atoms with Gasteiger partial charge in [0.05, 0.1) is 31.2 Å². The number of halogens is 1. The number of sulfonamides is 1. The van der Waals surface area contributed by atoms with Gasteiger partial charge < -0.3 is 10.1 Å². The van der Waals surface area contributed by atoms with Crippen molar-refractivity contribution in [2.24, 2.45) is 0 Å². The van der Waals surface area contributed by atoms with E-state index < -0.39 is 21.7 Å². The van der Waals surface area contributed by atoms with Gasteiger partial charge in [0.2, 0.25) is 10.0 Å². The minimum Gasteiger partial charge on any atom is -0.497 e. The average Bonchev–Trinajstić information content (AvgIpc) is 2.58. The van der Waals surface area contributed by atoms with Crippen LogP contribution in [-0.4, -0.2) is 40.8 Å². The molecule has 2 rings (SSSR count). The number of benzene rings is 2. The van der Waals surface area contributed by atoms with Crippen molar-refractivity contribution in [3.63, 3.8) is 0 Å². The lowest BCUT2D eigenvalue weighted by Gasteiger charge is -2.22. The summed E-state index contributed by atoms with van der Waals surface area (Å²) < 4.78 is 43.8. The van der Waals surface area contributed by atoms with Gasteiger partial charge in [-0.3, -0.25) is 9.10 Å². The third-order valence-corrected chi connectivity index (χ3v) is 4.67. The van der Waals surface area contributed by atoms with Crippen LogP contribution >= 0.6 is 0 Å². The van der Waals surface area contributed by atoms with Crippen LogP contribution in [0.1, 0.15) is 10.4 Å². The zero-order valence-corrected chi connectivity index (χ0v) is 14.7. The molecular formula is C17H19FN2O4S. The molecule has 0 heterocycles. The molecule has 134 valence electrons. The quantitative estimate of drug-likeness (QED) is 0.814. The predicted octanol–water partition coefficient (Wildman–Crippen LogP) is 2.03. The van der Waals surface area contributed by atoms with Crippen molar-refractivity contribution in [2.75, 3.05) is 30.8 Å². The van der Waals surface area contributed by atoms with Gasteiger partial charge in [-0.1, -0.05) is 12.1 Å². The molecule has 1 amide bonds. The van der Waals surface area contributed by atoms with Gasteiger partial charge in [-0.2, -0.15) is 0 Å². The van der Waals surface area contributed by atoms with Gasteiger partial charge in [-0.05, 0) is 36.4 Å². The number of ether oxygens (including phenoxy) is 1. The minimum absolute atomic E-state index is 0.0192. The molecule has 0 saturated heterocycles. The smallest absolute Gasteiger partial charge is 0.254 e. The number of carbonyl (C=O) groups is 1. The van der Waals surface area contributed by atoms with Crippen molar-refractivity contribution in [1.82, 2.24) is 5.32 Å². The number of nitrogens with one attached hydrogen (secondary N) is 1. The number of amides is 1. The SMILES string of the molecule is COc1ccc(N(CCNC(=O)c2ccccc2F)S(C)(=O)=O)cc1. The first kappa shape index (κ1) is 18.7. The standard InChI is InChI=1S/C17H19FN2O4S/c1-24-14-9-7-13(8-10-14)20(25(2,22)23)12-11-19-17(21)15-5-3-4-6-16(15)18/h3-10H,11-12H2,1-2H3,(H,19,21). The molecule has 2 aromatic carbocycles. The summed E-state index contributed by atoms with van der Waals surface area (Å²) >= 11 is 0. The van der Waals surface area contributed by atoms with E-state index in [1.807, 2.05) is 0 Å². The highest BCUT2D eigenvalue weighted by molar-refractivity contribution is 7.92. The van der Waals surface area contributed by atoms with E-state index in [4.69, 9.17) is 4.74 Å². The Morgan fingerprint density at radius 2 is 1.80 bits per heavy atom. The van der Waals surface area contributed by atoms with Gasteiger partial charge in [0.15, 0.2) is 0 Å². The first-order valence-electron chi connectivity index (χ1n) is 7.47. The summed E-state index contributed by atoms with van der Waals surface area (Å²) in [6, 6.07) is 12.1. The molecule has 0 aliphatic rings. The number of carbonyl (C=O) groups excluding carboxylic acids is 1. The first-order chi connectivity index (χ1) is 11.8. The Balaban J connectivity index is 2.06. The molecule has 0 radical (unpaired) electrons. The Morgan fingerprint density at radius 1 is 1.16 bits per heavy atom. The lowest BCUT2D eigenvalue weighted by molar-refractivity contribution is 0.0951. The van der Waals surface area contributed by atoms with Crippen LogP contribution in [0.15, 0.2) is 48.5 Å². The third kappa shape index (κ3) is 4.93. The highest BCUT2D eigenvalue weighted by Crippen LogP contribution is 2.21. The Bertz CT molecular complexity index is 838. The summed E-state index contributed by atoms with van der Waals surface area (Å²) in [6.45, 7) is 0.0532. The molecule has 0 atom stereocenters. The second-order valence-corrected chi connectivity index (χ2v) is 7.18. The predicted molar refractivity (Wildman–Crippen MR) is 93.9 cm³/mol. The topological polar surface area (TPSA) is 75.7 Å². The van der Waals surface area contributed by atoms with Crippen molar-refractivity contribution >= 4 is 21.6 Å². The van der Waals surface area contributed by atoms with Crippen LogP contribution in [0, 0.1) is 5.82 Å². The van der Waals surface area contributed by atoms with Gasteiger partial charge in [-0.25, -0.2) is 12.8 Å². The lowest BCUT2D eigenvalue weighted by Crippen LogP contribution is -2.38. The van der Waals surface area contributed by atoms with Crippen LogP contribution in [0.5, 0.6) is 5.75 Å². The van der Waals surface area contributed by atoms with Crippen molar-refractivity contribution in [1.29, 1.82) is 0 Å². The van der Waals surface area contributed by atoms with Crippen LogP contribution in [0.4, 0.5) is 10.1 Å². The van der Waals surface area contributed by atoms with E-state index in [0.29, 0.717) is 11.4 Å². The molecule has 0 bridgehead atoms. The van der Waals surface area contributed by atoms with E-state index >= 15 is 0 Å². The summed E-state index contributed by atoms with van der Waals surface area (Å²) in [5.74, 6) is -0.624. The molecule has 2 aromatic rings. The number of rotatable bonds is 7. The minimum atomic E-state index is -3.54. The Hall–Kier alpha value is -2.61. The molecule has 1 N–H and O–H groups in total. The fourth-order valence-electron chi connectivity index (χ4n) is 2.25. The molecule has 8 heteroatoms. The molecule has 0 spiro atoms. The van der Waals surface area contributed by atoms with Crippen LogP contribution in [0.25, 0.3) is 0 Å². The van der Waals surface area contributed by atoms with Crippen molar-refractivity contribution in [3.05, 3.63) is 59.9 Å². The number of anilines is 1. The number of hydrogen-bond donors (Lipinski definition) is 1. The van der Waals surface area contributed by atoms with Gasteiger partial charge in [0.25, 0.3) is 5.91 Å². The number of nitrogens with zero attached hydrogens (tertiary/aromatic N) is 1. The van der Waals surface area contributed by atoms with Gasteiger partial charge in [-0.15, -0.1) is 0 Å². The Kier molecular flexibility index (Phi) is 5.97. The first-order valence-corrected chi connectivity index (χ1v) is 9.32. The highest BCUT2D eigenvalue weighted by Gasteiger charge is 2.18. The zero-order valence-electron chi connectivity index (χ0n) is 13.9. The van der Waals surface area contributed by atoms with Crippen LogP contribution < -0.4 is 14.4 Å². The number of hydrogen-bond acceptors (Lipinski definition) is 4. The second kappa shape index (κ2) is 7.98. The summed E-state index contributed by atoms with van der Waals surface area (Å²) in [7, 11) is -2.03. The van der Waals surface area contributed by atoms with Crippen molar-refractivity contribution < 1.29 is 22.3 Å². The van der Waals surface area contributed by atoms with Gasteiger partial charge >= 0.3 is 0 Å². The van der Waals surface area contributed by atoms with E-state index in [2.05, 4.69) is 5.32 Å². The van der Waals surface area contributed by atoms with Crippen molar-refractivity contribution in [2.45, 2.75) is 0 Å². The van der Waals surface area contributed by atoms with Crippen LogP contribution in [0.2, 0.25) is 0 Å². The van der Waals surface area contributed by atoms with E-state index in [1.165, 1.54) is 25.3 Å². The van der Waals surface area contributed by atoms with E-state index in [-0.39, 0.29) is 18.7 Å². The summed E-state index contributed by atoms with van der Waals surface area (Å²) in [4.78, 5) is 12.0. The maximum atomic E-state index is 13.6. The van der Waals surface area contributed by atoms with E-state index in [0.717, 1.165) is 10.6 Å². The Labute approximate surface area is 146 Å². The fourth-order valence-corrected chi connectivity index (χ4v) is 3.17. The van der Waals surface area contributed by atoms with Gasteiger partial charge in [0.1, 0.15) is 11.6 Å². The molecule has 0 fully saturated rings. The van der Waals surface area contributed by atoms with Crippen LogP contribution in [-0.2, 0) is 10.0 Å². The summed E-state index contributed by atoms with van der Waals surface area (Å²) in [5.41, 5.74) is 0.362. The monoisotopic (exact) mass is 366 g/mol. The highest BCUT2D eigenvalue weighted by atomic mass is 32.2. The largest absolute Gasteiger partial charge is 0.497 e. The van der Waals surface area contributed by atoms with Gasteiger partial charge in [0, 0.05) is 6.54 Å². The zero-order chi connectivity index (χ0) is 18.4. The van der Waals surface area contributed by atoms with Crippen LogP contribution in [0.3, 0.4) is 0 Å². The van der Waals surface area contributed by atoms with E-state index in [1.54, 1.807) is 30.3 Å². The fraction of sp³-hybridized carbons (Fsp3) is 0.235. The third-order valence-electron chi connectivity index (χ3n) is 3.48. The maximum Gasteiger partial charge on any atom is 0.254 e. The maximum absolute atomic E-state index is 13.6. The van der Waals surface area contributed by atoms with E-state index in [9.17, 15) is 17.6 Å². The molecule has 6 nitrogen and oxygen atoms in total. The summed E-state index contributed by atoms with van der Waals surface area (Å²) in [5, 5.41) is 2.52. The van der Waals surface area contributed by atoms with Crippen molar-refractivity contribution in [3.8, 4) is 5.75 Å². The molecule has 25 heavy (non-hydrogen) atoms. The Morgan fingerprint density at radius 3 is 2.36 bits per heavy atom. The average molecular weight is 366 g/mol. The molecule has 0 aromatic heterocycles. The normalized spacial score (nSPS) is 11.0.